The SMILES string of the molecule is CCOC(=O)/C=C1\CCC(C)c2cccc(C)c21. The van der Waals surface area contributed by atoms with Gasteiger partial charge >= 0.3 is 5.97 Å². The van der Waals surface area contributed by atoms with Gasteiger partial charge in [0, 0.05) is 6.08 Å². The maximum absolute atomic E-state index is 11.6. The summed E-state index contributed by atoms with van der Waals surface area (Å²) >= 11 is 0. The van der Waals surface area contributed by atoms with E-state index in [0.29, 0.717) is 12.5 Å². The minimum atomic E-state index is -0.226. The summed E-state index contributed by atoms with van der Waals surface area (Å²) in [7, 11) is 0. The van der Waals surface area contributed by atoms with Gasteiger partial charge in [0.1, 0.15) is 0 Å². The van der Waals surface area contributed by atoms with Crippen molar-refractivity contribution in [1.29, 1.82) is 0 Å². The van der Waals surface area contributed by atoms with Crippen LogP contribution < -0.4 is 0 Å². The van der Waals surface area contributed by atoms with E-state index in [2.05, 4.69) is 32.0 Å². The molecule has 1 atom stereocenters. The Morgan fingerprint density at radius 2 is 2.28 bits per heavy atom. The molecule has 2 nitrogen and oxygen atoms in total. The molecule has 0 radical (unpaired) electrons. The summed E-state index contributed by atoms with van der Waals surface area (Å²) in [6.07, 6.45) is 3.72. The molecule has 0 heterocycles. The van der Waals surface area contributed by atoms with Crippen LogP contribution in [0.3, 0.4) is 0 Å². The number of esters is 1. The number of benzene rings is 1. The molecule has 0 fully saturated rings. The second-order valence-corrected chi connectivity index (χ2v) is 4.90. The third-order valence-electron chi connectivity index (χ3n) is 3.58. The first-order valence-corrected chi connectivity index (χ1v) is 6.60. The largest absolute Gasteiger partial charge is 0.463 e. The summed E-state index contributed by atoms with van der Waals surface area (Å²) in [5.74, 6) is 0.343. The highest BCUT2D eigenvalue weighted by atomic mass is 16.5. The predicted octanol–water partition coefficient (Wildman–Crippen LogP) is 3.84. The van der Waals surface area contributed by atoms with Crippen LogP contribution in [-0.4, -0.2) is 12.6 Å². The molecule has 1 aliphatic carbocycles. The lowest BCUT2D eigenvalue weighted by Gasteiger charge is -2.26. The van der Waals surface area contributed by atoms with E-state index in [1.54, 1.807) is 6.08 Å². The summed E-state index contributed by atoms with van der Waals surface area (Å²) in [5.41, 5.74) is 4.98. The zero-order valence-corrected chi connectivity index (χ0v) is 11.3. The fourth-order valence-corrected chi connectivity index (χ4v) is 2.66. The topological polar surface area (TPSA) is 26.3 Å². The zero-order valence-electron chi connectivity index (χ0n) is 11.3. The van der Waals surface area contributed by atoms with Gasteiger partial charge in [-0.25, -0.2) is 4.79 Å². The van der Waals surface area contributed by atoms with Crippen LogP contribution in [0.5, 0.6) is 0 Å². The third-order valence-corrected chi connectivity index (χ3v) is 3.58. The van der Waals surface area contributed by atoms with Crippen molar-refractivity contribution in [2.45, 2.75) is 39.5 Å². The number of carbonyl (C=O) groups excluding carboxylic acids is 1. The van der Waals surface area contributed by atoms with E-state index < -0.39 is 0 Å². The molecule has 0 aromatic heterocycles. The number of carbonyl (C=O) groups is 1. The van der Waals surface area contributed by atoms with Crippen molar-refractivity contribution in [3.8, 4) is 0 Å². The van der Waals surface area contributed by atoms with Crippen molar-refractivity contribution in [3.05, 3.63) is 41.0 Å². The summed E-state index contributed by atoms with van der Waals surface area (Å²) in [6, 6.07) is 6.37. The highest BCUT2D eigenvalue weighted by molar-refractivity contribution is 5.92. The number of hydrogen-bond acceptors (Lipinski definition) is 2. The number of ether oxygens (including phenoxy) is 1. The molecular weight excluding hydrogens is 224 g/mol. The van der Waals surface area contributed by atoms with Gasteiger partial charge in [0.15, 0.2) is 0 Å². The van der Waals surface area contributed by atoms with Crippen LogP contribution >= 0.6 is 0 Å². The summed E-state index contributed by atoms with van der Waals surface area (Å²) in [5, 5.41) is 0. The Morgan fingerprint density at radius 1 is 1.50 bits per heavy atom. The maximum Gasteiger partial charge on any atom is 0.331 e. The lowest BCUT2D eigenvalue weighted by atomic mass is 9.79. The zero-order chi connectivity index (χ0) is 13.1. The van der Waals surface area contributed by atoms with Crippen LogP contribution in [0.4, 0.5) is 0 Å². The lowest BCUT2D eigenvalue weighted by Crippen LogP contribution is -2.10. The first kappa shape index (κ1) is 12.9. The Morgan fingerprint density at radius 3 is 3.00 bits per heavy atom. The van der Waals surface area contributed by atoms with E-state index in [1.807, 2.05) is 6.92 Å². The van der Waals surface area contributed by atoms with Crippen LogP contribution in [0.25, 0.3) is 5.57 Å². The van der Waals surface area contributed by atoms with Crippen LogP contribution in [0.15, 0.2) is 24.3 Å². The highest BCUT2D eigenvalue weighted by Crippen LogP contribution is 2.39. The molecule has 2 rings (SSSR count). The van der Waals surface area contributed by atoms with Crippen molar-refractivity contribution in [2.75, 3.05) is 6.61 Å². The fraction of sp³-hybridized carbons (Fsp3) is 0.438. The van der Waals surface area contributed by atoms with Gasteiger partial charge in [0.2, 0.25) is 0 Å². The maximum atomic E-state index is 11.6. The quantitative estimate of drug-likeness (QED) is 0.583. The number of allylic oxidation sites excluding steroid dienone is 1. The average Bonchev–Trinajstić information content (AvgIpc) is 2.33. The van der Waals surface area contributed by atoms with E-state index in [-0.39, 0.29) is 5.97 Å². The number of fused-ring (bicyclic) bond motifs is 1. The van der Waals surface area contributed by atoms with Gasteiger partial charge < -0.3 is 4.74 Å². The standard InChI is InChI=1S/C16H20O2/c1-4-18-15(17)10-13-9-8-11(2)14-7-5-6-12(3)16(13)14/h5-7,10-11H,4,8-9H2,1-3H3/b13-10+. The van der Waals surface area contributed by atoms with Crippen molar-refractivity contribution in [1.82, 2.24) is 0 Å². The number of aryl methyl sites for hydroxylation is 1. The van der Waals surface area contributed by atoms with Crippen LogP contribution in [0.2, 0.25) is 0 Å². The predicted molar refractivity (Wildman–Crippen MR) is 73.4 cm³/mol. The van der Waals surface area contributed by atoms with E-state index in [0.717, 1.165) is 18.4 Å². The smallest absolute Gasteiger partial charge is 0.331 e. The van der Waals surface area contributed by atoms with Gasteiger partial charge in [-0.15, -0.1) is 0 Å². The van der Waals surface area contributed by atoms with E-state index in [4.69, 9.17) is 4.74 Å². The Labute approximate surface area is 109 Å². The first-order chi connectivity index (χ1) is 8.63. The molecule has 0 saturated carbocycles. The highest BCUT2D eigenvalue weighted by Gasteiger charge is 2.22. The Balaban J connectivity index is 2.43. The van der Waals surface area contributed by atoms with Crippen molar-refractivity contribution in [2.24, 2.45) is 0 Å². The molecule has 1 aromatic rings. The summed E-state index contributed by atoms with van der Waals surface area (Å²) < 4.78 is 5.01. The molecule has 0 amide bonds. The number of hydrogen-bond donors (Lipinski definition) is 0. The van der Waals surface area contributed by atoms with E-state index in [9.17, 15) is 4.79 Å². The van der Waals surface area contributed by atoms with Gasteiger partial charge in [-0.1, -0.05) is 25.1 Å². The Kier molecular flexibility index (Phi) is 3.85. The monoisotopic (exact) mass is 244 g/mol. The van der Waals surface area contributed by atoms with Crippen molar-refractivity contribution in [3.63, 3.8) is 0 Å². The third kappa shape index (κ3) is 2.47. The lowest BCUT2D eigenvalue weighted by molar-refractivity contribution is -0.137. The van der Waals surface area contributed by atoms with Gasteiger partial charge in [-0.05, 0) is 54.9 Å². The molecular formula is C16H20O2. The molecule has 18 heavy (non-hydrogen) atoms. The van der Waals surface area contributed by atoms with Crippen LogP contribution in [0, 0.1) is 6.92 Å². The Hall–Kier alpha value is -1.57. The second-order valence-electron chi connectivity index (χ2n) is 4.90. The molecule has 0 N–H and O–H groups in total. The van der Waals surface area contributed by atoms with Gasteiger partial charge in [0.25, 0.3) is 0 Å². The second kappa shape index (κ2) is 5.38. The molecule has 2 heteroatoms. The normalized spacial score (nSPS) is 20.6. The van der Waals surface area contributed by atoms with Gasteiger partial charge in [-0.3, -0.25) is 0 Å². The minimum Gasteiger partial charge on any atom is -0.463 e. The molecule has 0 bridgehead atoms. The van der Waals surface area contributed by atoms with Crippen molar-refractivity contribution >= 4 is 11.5 Å². The summed E-state index contributed by atoms with van der Waals surface area (Å²) in [4.78, 5) is 11.6. The van der Waals surface area contributed by atoms with Crippen molar-refractivity contribution < 1.29 is 9.53 Å². The first-order valence-electron chi connectivity index (χ1n) is 6.60. The summed E-state index contributed by atoms with van der Waals surface area (Å²) in [6.45, 7) is 6.62. The van der Waals surface area contributed by atoms with E-state index in [1.165, 1.54) is 16.7 Å². The van der Waals surface area contributed by atoms with Gasteiger partial charge in [0.05, 0.1) is 6.61 Å². The molecule has 1 aromatic carbocycles. The van der Waals surface area contributed by atoms with E-state index >= 15 is 0 Å². The number of rotatable bonds is 2. The molecule has 0 spiro atoms. The molecule has 1 aliphatic rings. The molecule has 0 aliphatic heterocycles. The average molecular weight is 244 g/mol. The Bertz CT molecular complexity index is 486. The van der Waals surface area contributed by atoms with Crippen LogP contribution in [0.1, 0.15) is 49.3 Å². The fourth-order valence-electron chi connectivity index (χ4n) is 2.66. The minimum absolute atomic E-state index is 0.226. The molecule has 0 saturated heterocycles. The molecule has 96 valence electrons. The molecule has 1 unspecified atom stereocenters. The van der Waals surface area contributed by atoms with Crippen LogP contribution in [-0.2, 0) is 9.53 Å². The van der Waals surface area contributed by atoms with Gasteiger partial charge in [-0.2, -0.15) is 0 Å².